The molecule has 1 aliphatic heterocycles. The van der Waals surface area contributed by atoms with E-state index in [0.29, 0.717) is 28.0 Å². The average Bonchev–Trinajstić information content (AvgIpc) is 3.97. The second kappa shape index (κ2) is 17.3. The van der Waals surface area contributed by atoms with E-state index in [1.165, 1.54) is 0 Å². The van der Waals surface area contributed by atoms with E-state index in [1.807, 2.05) is 78.9 Å². The van der Waals surface area contributed by atoms with Crippen molar-refractivity contribution in [2.24, 2.45) is 0 Å². The van der Waals surface area contributed by atoms with Gasteiger partial charge in [-0.3, -0.25) is 0 Å². The van der Waals surface area contributed by atoms with Gasteiger partial charge in [-0.05, 0) is 80.0 Å². The quantitative estimate of drug-likeness (QED) is 0.154. The average molecular weight is 1080 g/mol. The van der Waals surface area contributed by atoms with Crippen LogP contribution < -0.4 is 14.5 Å². The van der Waals surface area contributed by atoms with Crippen molar-refractivity contribution in [3.05, 3.63) is 236 Å². The largest absolute Gasteiger partial charge is 0.508 e. The number of para-hydroxylation sites is 3. The molecule has 70 heavy (non-hydrogen) atoms. The van der Waals surface area contributed by atoms with Crippen molar-refractivity contribution in [3.63, 3.8) is 0 Å². The molecule has 0 amide bonds. The molecule has 0 atom stereocenters. The maximum Gasteiger partial charge on any atom is 0.143 e. The van der Waals surface area contributed by atoms with Gasteiger partial charge in [0.2, 0.25) is 0 Å². The number of nitriles is 2. The number of anilines is 4. The number of fused-ring (bicyclic) bond motifs is 11. The van der Waals surface area contributed by atoms with Crippen molar-refractivity contribution >= 4 is 82.5 Å². The normalized spacial score (nSPS) is 12.0. The van der Waals surface area contributed by atoms with Crippen LogP contribution in [0.1, 0.15) is 11.1 Å². The first-order valence-electron chi connectivity index (χ1n) is 22.6. The summed E-state index contributed by atoms with van der Waals surface area (Å²) in [4.78, 5) is 9.46. The first-order chi connectivity index (χ1) is 34.1. The van der Waals surface area contributed by atoms with E-state index in [-0.39, 0.29) is 26.8 Å². The zero-order valence-electron chi connectivity index (χ0n) is 37.1. The third-order valence-electron chi connectivity index (χ3n) is 13.1. The molecule has 0 fully saturated rings. The molecule has 8 heteroatoms. The van der Waals surface area contributed by atoms with E-state index < -0.39 is 0 Å². The van der Waals surface area contributed by atoms with E-state index in [9.17, 15) is 10.5 Å². The molecule has 0 radical (unpaired) electrons. The number of benzene rings is 9. The Morgan fingerprint density at radius 3 is 1.70 bits per heavy atom. The van der Waals surface area contributed by atoms with E-state index >= 15 is 0 Å². The third-order valence-corrected chi connectivity index (χ3v) is 13.1. The van der Waals surface area contributed by atoms with Crippen LogP contribution in [-0.2, 0) is 21.1 Å². The molecule has 12 aromatic rings. The summed E-state index contributed by atoms with van der Waals surface area (Å²) in [6, 6.07) is 80.0. The van der Waals surface area contributed by atoms with Gasteiger partial charge >= 0.3 is 0 Å². The predicted molar refractivity (Wildman–Crippen MR) is 277 cm³/mol. The van der Waals surface area contributed by atoms with Gasteiger partial charge in [0.05, 0.1) is 11.6 Å². The monoisotopic (exact) mass is 1070 g/mol. The fourth-order valence-electron chi connectivity index (χ4n) is 10.2. The van der Waals surface area contributed by atoms with Crippen molar-refractivity contribution in [2.75, 3.05) is 9.80 Å². The van der Waals surface area contributed by atoms with Crippen LogP contribution >= 0.6 is 0 Å². The number of aromatic nitrogens is 2. The summed E-state index contributed by atoms with van der Waals surface area (Å²) in [6.45, 7) is 2.12. The maximum absolute atomic E-state index is 10.8. The molecule has 0 aliphatic carbocycles. The molecule has 0 unspecified atom stereocenters. The van der Waals surface area contributed by atoms with Crippen molar-refractivity contribution in [2.45, 2.75) is 0 Å². The second-order valence-corrected chi connectivity index (χ2v) is 17.0. The van der Waals surface area contributed by atoms with Gasteiger partial charge < -0.3 is 18.9 Å². The Labute approximate surface area is 417 Å². The Bertz CT molecular complexity index is 4140. The van der Waals surface area contributed by atoms with Crippen LogP contribution in [0.4, 0.5) is 22.7 Å². The number of hydrogen-bond acceptors (Lipinski definition) is 6. The Balaban J connectivity index is 0.00000505. The van der Waals surface area contributed by atoms with Gasteiger partial charge in [-0.25, -0.2) is 10.2 Å². The molecule has 3 aromatic heterocycles. The maximum atomic E-state index is 10.8. The van der Waals surface area contributed by atoms with E-state index in [4.69, 9.17) is 9.72 Å². The van der Waals surface area contributed by atoms with E-state index in [2.05, 4.69) is 166 Å². The molecule has 4 heterocycles. The fourth-order valence-corrected chi connectivity index (χ4v) is 10.2. The molecule has 13 rings (SSSR count). The number of rotatable bonds is 6. The number of ether oxygens (including phenoxy) is 1. The number of pyridine rings is 1. The summed E-state index contributed by atoms with van der Waals surface area (Å²) >= 11 is 0. The van der Waals surface area contributed by atoms with Crippen LogP contribution in [0.2, 0.25) is 0 Å². The summed E-state index contributed by atoms with van der Waals surface area (Å²) in [5, 5.41) is 28.7. The number of hydrogen-bond donors (Lipinski definition) is 0. The van der Waals surface area contributed by atoms with Gasteiger partial charge in [-0.2, -0.15) is 11.3 Å². The first kappa shape index (κ1) is 42.4. The van der Waals surface area contributed by atoms with Crippen molar-refractivity contribution in [3.8, 4) is 45.9 Å². The van der Waals surface area contributed by atoms with Crippen LogP contribution in [0.15, 0.2) is 206 Å². The molecule has 332 valence electrons. The zero-order chi connectivity index (χ0) is 46.0. The second-order valence-electron chi connectivity index (χ2n) is 17.0. The third kappa shape index (κ3) is 6.79. The first-order valence-corrected chi connectivity index (χ1v) is 22.6. The van der Waals surface area contributed by atoms with Gasteiger partial charge in [0, 0.05) is 89.3 Å². The molecular formula is C62H35N6OPt-3. The summed E-state index contributed by atoms with van der Waals surface area (Å²) < 4.78 is 8.87. The number of nitrogens with zero attached hydrogens (tertiary/aromatic N) is 6. The summed E-state index contributed by atoms with van der Waals surface area (Å²) in [5.41, 5.74) is 11.2. The van der Waals surface area contributed by atoms with Crippen LogP contribution in [-0.4, -0.2) is 9.38 Å². The Hall–Kier alpha value is -9.00. The van der Waals surface area contributed by atoms with Crippen LogP contribution in [0, 0.1) is 41.5 Å². The molecule has 1 aliphatic rings. The standard InChI is InChI=1S/C62H35N6O.Pt/c63-37-40-32-54-51-25-10-8-23-49(51)48-22-7-9-24-50(48)52-28-15-31-65-62(52)68-58-36-59(43(38-64)34-53(58)55(33-40)61(54)68)69-45-21-13-20-44(35-45)66-39-67(57-30-12-11-29-56(57)66)60-46(41-16-3-1-4-17-41)26-14-27-47(60)42-18-5-2-6-19-42;/h1-34,39H;/q-3;. The van der Waals surface area contributed by atoms with Gasteiger partial charge in [0.15, 0.2) is 0 Å². The molecular weight excluding hydrogens is 1040 g/mol. The SMILES string of the molecule is N#Cc1cc2c3ccccc3c3ccccc3c3cccnc3n3c4[c-]c(Oc5[c-]c(N6[CH-]N(c7c(-c8ccccc8)cccc7-c7ccccc7)c7ccccc76)ccc5)c(C#N)cc4c(c1)c23.[Pt]. The van der Waals surface area contributed by atoms with Crippen molar-refractivity contribution in [1.29, 1.82) is 10.5 Å². The molecule has 0 spiro atoms. The predicted octanol–water partition coefficient (Wildman–Crippen LogP) is 15.5. The minimum absolute atomic E-state index is 0. The summed E-state index contributed by atoms with van der Waals surface area (Å²) in [7, 11) is 0. The van der Waals surface area contributed by atoms with Gasteiger partial charge in [-0.15, -0.1) is 48.1 Å². The van der Waals surface area contributed by atoms with Crippen molar-refractivity contribution < 1.29 is 25.8 Å². The summed E-state index contributed by atoms with van der Waals surface area (Å²) in [6.07, 6.45) is 1.80. The Morgan fingerprint density at radius 1 is 0.500 bits per heavy atom. The molecule has 9 aromatic carbocycles. The smallest absolute Gasteiger partial charge is 0.143 e. The minimum Gasteiger partial charge on any atom is -0.508 e. The Morgan fingerprint density at radius 2 is 1.06 bits per heavy atom. The van der Waals surface area contributed by atoms with Crippen LogP contribution in [0.25, 0.3) is 82.0 Å². The zero-order valence-corrected chi connectivity index (χ0v) is 39.4. The van der Waals surface area contributed by atoms with Gasteiger partial charge in [0.1, 0.15) is 5.65 Å². The summed E-state index contributed by atoms with van der Waals surface area (Å²) in [5.74, 6) is 0.655. The molecule has 7 nitrogen and oxygen atoms in total. The van der Waals surface area contributed by atoms with Crippen LogP contribution in [0.3, 0.4) is 0 Å². The van der Waals surface area contributed by atoms with Gasteiger partial charge in [-0.1, -0.05) is 145 Å². The Kier molecular flexibility index (Phi) is 10.4. The molecule has 0 N–H and O–H groups in total. The van der Waals surface area contributed by atoms with E-state index in [1.54, 1.807) is 6.20 Å². The topological polar surface area (TPSA) is 80.6 Å². The fraction of sp³-hybridized carbons (Fsp3) is 0. The van der Waals surface area contributed by atoms with Gasteiger partial charge in [0.25, 0.3) is 0 Å². The molecule has 0 saturated carbocycles. The molecule has 0 bridgehead atoms. The minimum atomic E-state index is 0. The molecule has 0 saturated heterocycles. The van der Waals surface area contributed by atoms with E-state index in [0.717, 1.165) is 93.6 Å². The van der Waals surface area contributed by atoms with Crippen molar-refractivity contribution in [1.82, 2.24) is 9.38 Å². The van der Waals surface area contributed by atoms with Crippen LogP contribution in [0.5, 0.6) is 11.5 Å².